The predicted octanol–water partition coefficient (Wildman–Crippen LogP) is 3.12. The van der Waals surface area contributed by atoms with Crippen LogP contribution < -0.4 is 5.32 Å². The van der Waals surface area contributed by atoms with Crippen LogP contribution in [0.1, 0.15) is 25.0 Å². The molecule has 0 aliphatic rings. The van der Waals surface area contributed by atoms with Crippen LogP contribution in [0.2, 0.25) is 0 Å². The van der Waals surface area contributed by atoms with E-state index in [1.165, 1.54) is 11.1 Å². The van der Waals surface area contributed by atoms with Crippen molar-refractivity contribution in [2.75, 3.05) is 5.33 Å². The lowest BCUT2D eigenvalue weighted by molar-refractivity contribution is 0.598. The third-order valence-electron chi connectivity index (χ3n) is 2.32. The Kier molecular flexibility index (Phi) is 5.20. The first-order chi connectivity index (χ1) is 6.76. The molecule has 0 fully saturated rings. The Morgan fingerprint density at radius 3 is 2.29 bits per heavy atom. The molecule has 1 aromatic rings. The van der Waals surface area contributed by atoms with Crippen LogP contribution in [0.5, 0.6) is 0 Å². The zero-order valence-corrected chi connectivity index (χ0v) is 10.5. The summed E-state index contributed by atoms with van der Waals surface area (Å²) < 4.78 is 0. The summed E-state index contributed by atoms with van der Waals surface area (Å²) in [5, 5.41) is 4.44. The first-order valence-corrected chi connectivity index (χ1v) is 6.25. The Bertz CT molecular complexity index is 256. The van der Waals surface area contributed by atoms with Crippen molar-refractivity contribution in [3.05, 3.63) is 35.4 Å². The first-order valence-electron chi connectivity index (χ1n) is 5.13. The van der Waals surface area contributed by atoms with E-state index in [9.17, 15) is 0 Å². The molecule has 0 aromatic heterocycles. The van der Waals surface area contributed by atoms with E-state index >= 15 is 0 Å². The van der Waals surface area contributed by atoms with E-state index in [0.717, 1.165) is 18.3 Å². The summed E-state index contributed by atoms with van der Waals surface area (Å²) in [4.78, 5) is 0. The molecule has 0 saturated carbocycles. The SMILES string of the molecule is CCc1ccc(CNC(C)CBr)cc1. The number of halogens is 1. The van der Waals surface area contributed by atoms with Gasteiger partial charge in [-0.15, -0.1) is 0 Å². The van der Waals surface area contributed by atoms with Crippen molar-refractivity contribution in [3.8, 4) is 0 Å². The van der Waals surface area contributed by atoms with E-state index in [1.54, 1.807) is 0 Å². The highest BCUT2D eigenvalue weighted by Crippen LogP contribution is 2.05. The lowest BCUT2D eigenvalue weighted by Gasteiger charge is -2.10. The van der Waals surface area contributed by atoms with Gasteiger partial charge in [0, 0.05) is 17.9 Å². The fraction of sp³-hybridized carbons (Fsp3) is 0.500. The van der Waals surface area contributed by atoms with Gasteiger partial charge in [0.05, 0.1) is 0 Å². The van der Waals surface area contributed by atoms with Gasteiger partial charge in [0.25, 0.3) is 0 Å². The van der Waals surface area contributed by atoms with Crippen molar-refractivity contribution in [1.82, 2.24) is 5.32 Å². The maximum atomic E-state index is 3.45. The highest BCUT2D eigenvalue weighted by molar-refractivity contribution is 9.09. The summed E-state index contributed by atoms with van der Waals surface area (Å²) in [6.07, 6.45) is 1.12. The minimum atomic E-state index is 0.529. The maximum Gasteiger partial charge on any atom is 0.0208 e. The molecule has 14 heavy (non-hydrogen) atoms. The molecule has 0 radical (unpaired) electrons. The Hall–Kier alpha value is -0.340. The third-order valence-corrected chi connectivity index (χ3v) is 3.29. The van der Waals surface area contributed by atoms with Crippen LogP contribution in [-0.4, -0.2) is 11.4 Å². The molecule has 1 atom stereocenters. The molecule has 0 bridgehead atoms. The van der Waals surface area contributed by atoms with Gasteiger partial charge in [0.1, 0.15) is 0 Å². The van der Waals surface area contributed by atoms with Crippen molar-refractivity contribution in [1.29, 1.82) is 0 Å². The average Bonchev–Trinajstić information content (AvgIpc) is 2.26. The maximum absolute atomic E-state index is 3.45. The zero-order valence-electron chi connectivity index (χ0n) is 8.89. The number of nitrogens with one attached hydrogen (secondary N) is 1. The molecule has 0 aliphatic heterocycles. The van der Waals surface area contributed by atoms with Crippen molar-refractivity contribution in [2.45, 2.75) is 32.9 Å². The summed E-state index contributed by atoms with van der Waals surface area (Å²) in [7, 11) is 0. The first kappa shape index (κ1) is 11.7. The molecule has 2 heteroatoms. The van der Waals surface area contributed by atoms with Crippen LogP contribution in [0.25, 0.3) is 0 Å². The summed E-state index contributed by atoms with van der Waals surface area (Å²) in [6, 6.07) is 9.34. The molecule has 0 aliphatic carbocycles. The van der Waals surface area contributed by atoms with Crippen LogP contribution in [0.4, 0.5) is 0 Å². The zero-order chi connectivity index (χ0) is 10.4. The molecular formula is C12H18BrN. The van der Waals surface area contributed by atoms with Gasteiger partial charge in [0.2, 0.25) is 0 Å². The van der Waals surface area contributed by atoms with Gasteiger partial charge in [-0.25, -0.2) is 0 Å². The number of benzene rings is 1. The molecule has 0 heterocycles. The fourth-order valence-electron chi connectivity index (χ4n) is 1.24. The number of hydrogen-bond donors (Lipinski definition) is 1. The van der Waals surface area contributed by atoms with Crippen molar-refractivity contribution in [2.24, 2.45) is 0 Å². The normalized spacial score (nSPS) is 12.8. The molecule has 0 saturated heterocycles. The standard InChI is InChI=1S/C12H18BrN/c1-3-11-4-6-12(7-5-11)9-14-10(2)8-13/h4-7,10,14H,3,8-9H2,1-2H3. The Balaban J connectivity index is 2.43. The second-order valence-corrected chi connectivity index (χ2v) is 4.25. The van der Waals surface area contributed by atoms with Gasteiger partial charge in [-0.05, 0) is 24.5 Å². The smallest absolute Gasteiger partial charge is 0.0208 e. The number of hydrogen-bond acceptors (Lipinski definition) is 1. The summed E-state index contributed by atoms with van der Waals surface area (Å²) >= 11 is 3.45. The predicted molar refractivity (Wildman–Crippen MR) is 65.9 cm³/mol. The van der Waals surface area contributed by atoms with Gasteiger partial charge < -0.3 is 5.32 Å². The number of rotatable bonds is 5. The fourth-order valence-corrected chi connectivity index (χ4v) is 1.47. The number of alkyl halides is 1. The molecule has 1 rings (SSSR count). The Morgan fingerprint density at radius 2 is 1.79 bits per heavy atom. The van der Waals surface area contributed by atoms with Crippen molar-refractivity contribution in [3.63, 3.8) is 0 Å². The highest BCUT2D eigenvalue weighted by atomic mass is 79.9. The highest BCUT2D eigenvalue weighted by Gasteiger charge is 1.98. The molecule has 0 spiro atoms. The van der Waals surface area contributed by atoms with Crippen LogP contribution in [-0.2, 0) is 13.0 Å². The van der Waals surface area contributed by atoms with Gasteiger partial charge in [-0.2, -0.15) is 0 Å². The Morgan fingerprint density at radius 1 is 1.21 bits per heavy atom. The van der Waals surface area contributed by atoms with E-state index < -0.39 is 0 Å². The second-order valence-electron chi connectivity index (χ2n) is 3.61. The second kappa shape index (κ2) is 6.20. The summed E-state index contributed by atoms with van der Waals surface area (Å²) in [6.45, 7) is 5.31. The van der Waals surface area contributed by atoms with Gasteiger partial charge in [-0.1, -0.05) is 47.1 Å². The largest absolute Gasteiger partial charge is 0.309 e. The third kappa shape index (κ3) is 3.81. The minimum Gasteiger partial charge on any atom is -0.309 e. The van der Waals surface area contributed by atoms with Crippen LogP contribution >= 0.6 is 15.9 Å². The van der Waals surface area contributed by atoms with E-state index in [4.69, 9.17) is 0 Å². The Labute approximate surface area is 95.0 Å². The van der Waals surface area contributed by atoms with E-state index in [-0.39, 0.29) is 0 Å². The molecular weight excluding hydrogens is 238 g/mol. The lowest BCUT2D eigenvalue weighted by Crippen LogP contribution is -2.26. The molecule has 1 unspecified atom stereocenters. The van der Waals surface area contributed by atoms with E-state index in [0.29, 0.717) is 6.04 Å². The van der Waals surface area contributed by atoms with Gasteiger partial charge in [0.15, 0.2) is 0 Å². The molecule has 1 nitrogen and oxygen atoms in total. The monoisotopic (exact) mass is 255 g/mol. The molecule has 0 amide bonds. The topological polar surface area (TPSA) is 12.0 Å². The quantitative estimate of drug-likeness (QED) is 0.798. The number of aryl methyl sites for hydroxylation is 1. The average molecular weight is 256 g/mol. The molecule has 1 N–H and O–H groups in total. The van der Waals surface area contributed by atoms with Crippen LogP contribution in [0.3, 0.4) is 0 Å². The van der Waals surface area contributed by atoms with Crippen molar-refractivity contribution >= 4 is 15.9 Å². The van der Waals surface area contributed by atoms with Gasteiger partial charge in [-0.3, -0.25) is 0 Å². The summed E-state index contributed by atoms with van der Waals surface area (Å²) in [5.41, 5.74) is 2.76. The summed E-state index contributed by atoms with van der Waals surface area (Å²) in [5.74, 6) is 0. The molecule has 78 valence electrons. The van der Waals surface area contributed by atoms with Crippen molar-refractivity contribution < 1.29 is 0 Å². The lowest BCUT2D eigenvalue weighted by atomic mass is 10.1. The molecule has 1 aromatic carbocycles. The van der Waals surface area contributed by atoms with E-state index in [2.05, 4.69) is 59.4 Å². The van der Waals surface area contributed by atoms with E-state index in [1.807, 2.05) is 0 Å². The van der Waals surface area contributed by atoms with Crippen LogP contribution in [0.15, 0.2) is 24.3 Å². The minimum absolute atomic E-state index is 0.529. The van der Waals surface area contributed by atoms with Crippen LogP contribution in [0, 0.1) is 0 Å². The van der Waals surface area contributed by atoms with Gasteiger partial charge >= 0.3 is 0 Å².